The SMILES string of the molecule is CCOc1ccccc1Oc1ccccc1C(=O)N1CCC(NCC2CC2)CC1.Cl. The second-order valence-electron chi connectivity index (χ2n) is 7.90. The van der Waals surface area contributed by atoms with Crippen molar-refractivity contribution in [2.75, 3.05) is 26.2 Å². The lowest BCUT2D eigenvalue weighted by Crippen LogP contribution is -2.45. The number of halogens is 1. The summed E-state index contributed by atoms with van der Waals surface area (Å²) < 4.78 is 11.8. The van der Waals surface area contributed by atoms with Crippen molar-refractivity contribution in [1.29, 1.82) is 0 Å². The summed E-state index contributed by atoms with van der Waals surface area (Å²) in [5, 5.41) is 3.67. The number of amides is 1. The van der Waals surface area contributed by atoms with E-state index in [2.05, 4.69) is 5.32 Å². The zero-order valence-corrected chi connectivity index (χ0v) is 18.3. The highest BCUT2D eigenvalue weighted by molar-refractivity contribution is 5.97. The Hall–Kier alpha value is -2.24. The molecule has 0 unspecified atom stereocenters. The standard InChI is InChI=1S/C24H30N2O3.ClH/c1-2-28-22-9-5-6-10-23(22)29-21-8-4-3-7-20(21)24(27)26-15-13-19(14-16-26)25-17-18-11-12-18;/h3-10,18-19,25H,2,11-17H2,1H3;1H. The monoisotopic (exact) mass is 430 g/mol. The van der Waals surface area contributed by atoms with Gasteiger partial charge in [0, 0.05) is 19.1 Å². The number of hydrogen-bond donors (Lipinski definition) is 1. The Labute approximate surface area is 185 Å². The van der Waals surface area contributed by atoms with Crippen molar-refractivity contribution in [3.63, 3.8) is 0 Å². The lowest BCUT2D eigenvalue weighted by atomic mass is 10.0. The molecule has 0 bridgehead atoms. The average molecular weight is 431 g/mol. The van der Waals surface area contributed by atoms with Crippen molar-refractivity contribution in [3.05, 3.63) is 54.1 Å². The fourth-order valence-corrected chi connectivity index (χ4v) is 3.77. The maximum atomic E-state index is 13.2. The predicted molar refractivity (Wildman–Crippen MR) is 121 cm³/mol. The summed E-state index contributed by atoms with van der Waals surface area (Å²) in [6, 6.07) is 15.6. The van der Waals surface area contributed by atoms with Gasteiger partial charge in [0.15, 0.2) is 11.5 Å². The molecule has 1 aliphatic carbocycles. The quantitative estimate of drug-likeness (QED) is 0.646. The van der Waals surface area contributed by atoms with Crippen LogP contribution < -0.4 is 14.8 Å². The molecule has 1 heterocycles. The molecule has 0 spiro atoms. The summed E-state index contributed by atoms with van der Waals surface area (Å²) >= 11 is 0. The van der Waals surface area contributed by atoms with Crippen molar-refractivity contribution in [1.82, 2.24) is 10.2 Å². The topological polar surface area (TPSA) is 50.8 Å². The third-order valence-corrected chi connectivity index (χ3v) is 5.66. The van der Waals surface area contributed by atoms with Crippen LogP contribution in [0.4, 0.5) is 0 Å². The van der Waals surface area contributed by atoms with E-state index in [9.17, 15) is 4.79 Å². The summed E-state index contributed by atoms with van der Waals surface area (Å²) in [6.07, 6.45) is 4.75. The smallest absolute Gasteiger partial charge is 0.257 e. The van der Waals surface area contributed by atoms with E-state index >= 15 is 0 Å². The summed E-state index contributed by atoms with van der Waals surface area (Å²) in [5.41, 5.74) is 0.600. The number of nitrogens with one attached hydrogen (secondary N) is 1. The number of likely N-dealkylation sites (tertiary alicyclic amines) is 1. The van der Waals surface area contributed by atoms with Gasteiger partial charge in [-0.15, -0.1) is 12.4 Å². The number of ether oxygens (including phenoxy) is 2. The Morgan fingerprint density at radius 3 is 2.27 bits per heavy atom. The van der Waals surface area contributed by atoms with E-state index in [1.165, 1.54) is 12.8 Å². The molecule has 0 atom stereocenters. The largest absolute Gasteiger partial charge is 0.490 e. The van der Waals surface area contributed by atoms with Gasteiger partial charge >= 0.3 is 0 Å². The number of rotatable bonds is 8. The zero-order chi connectivity index (χ0) is 20.1. The maximum Gasteiger partial charge on any atom is 0.257 e. The minimum Gasteiger partial charge on any atom is -0.490 e. The molecule has 1 aliphatic heterocycles. The van der Waals surface area contributed by atoms with Gasteiger partial charge in [-0.2, -0.15) is 0 Å². The Morgan fingerprint density at radius 1 is 0.967 bits per heavy atom. The molecule has 162 valence electrons. The first kappa shape index (κ1) is 22.4. The van der Waals surface area contributed by atoms with Crippen LogP contribution in [0.5, 0.6) is 17.2 Å². The highest BCUT2D eigenvalue weighted by Crippen LogP contribution is 2.33. The summed E-state index contributed by atoms with van der Waals surface area (Å²) in [7, 11) is 0. The first-order valence-electron chi connectivity index (χ1n) is 10.8. The second-order valence-corrected chi connectivity index (χ2v) is 7.90. The van der Waals surface area contributed by atoms with Gasteiger partial charge in [0.2, 0.25) is 0 Å². The fourth-order valence-electron chi connectivity index (χ4n) is 3.77. The number of hydrogen-bond acceptors (Lipinski definition) is 4. The van der Waals surface area contributed by atoms with Gasteiger partial charge in [-0.3, -0.25) is 4.79 Å². The maximum absolute atomic E-state index is 13.2. The molecule has 2 fully saturated rings. The van der Waals surface area contributed by atoms with Gasteiger partial charge in [-0.25, -0.2) is 0 Å². The molecular weight excluding hydrogens is 400 g/mol. The first-order chi connectivity index (χ1) is 14.2. The molecule has 30 heavy (non-hydrogen) atoms. The first-order valence-corrected chi connectivity index (χ1v) is 10.8. The van der Waals surface area contributed by atoms with E-state index in [0.29, 0.717) is 35.5 Å². The van der Waals surface area contributed by atoms with E-state index in [0.717, 1.165) is 38.4 Å². The van der Waals surface area contributed by atoms with Crippen LogP contribution >= 0.6 is 12.4 Å². The average Bonchev–Trinajstić information content (AvgIpc) is 3.59. The Morgan fingerprint density at radius 2 is 1.60 bits per heavy atom. The minimum absolute atomic E-state index is 0. The van der Waals surface area contributed by atoms with Crippen LogP contribution in [0, 0.1) is 5.92 Å². The molecule has 5 nitrogen and oxygen atoms in total. The van der Waals surface area contributed by atoms with E-state index in [4.69, 9.17) is 9.47 Å². The molecule has 4 rings (SSSR count). The third kappa shape index (κ3) is 5.67. The molecule has 2 aromatic rings. The lowest BCUT2D eigenvalue weighted by molar-refractivity contribution is 0.0702. The van der Waals surface area contributed by atoms with Crippen molar-refractivity contribution in [3.8, 4) is 17.2 Å². The van der Waals surface area contributed by atoms with Crippen molar-refractivity contribution in [2.45, 2.75) is 38.6 Å². The fraction of sp³-hybridized carbons (Fsp3) is 0.458. The van der Waals surface area contributed by atoms with Crippen LogP contribution in [-0.4, -0.2) is 43.1 Å². The molecular formula is C24H31ClN2O3. The van der Waals surface area contributed by atoms with Crippen LogP contribution in [0.1, 0.15) is 43.0 Å². The van der Waals surface area contributed by atoms with E-state index in [-0.39, 0.29) is 18.3 Å². The molecule has 1 N–H and O–H groups in total. The summed E-state index contributed by atoms with van der Waals surface area (Å²) in [4.78, 5) is 15.1. The van der Waals surface area contributed by atoms with Gasteiger partial charge in [-0.05, 0) is 69.3 Å². The summed E-state index contributed by atoms with van der Waals surface area (Å²) in [5.74, 6) is 2.80. The summed E-state index contributed by atoms with van der Waals surface area (Å²) in [6.45, 7) is 5.20. The molecule has 0 aromatic heterocycles. The Balaban J connectivity index is 0.00000256. The third-order valence-electron chi connectivity index (χ3n) is 5.66. The molecule has 1 saturated carbocycles. The highest BCUT2D eigenvalue weighted by atomic mass is 35.5. The van der Waals surface area contributed by atoms with Crippen LogP contribution in [0.25, 0.3) is 0 Å². The normalized spacial score (nSPS) is 16.6. The van der Waals surface area contributed by atoms with Gasteiger partial charge in [0.05, 0.1) is 12.2 Å². The predicted octanol–water partition coefficient (Wildman–Crippen LogP) is 4.90. The molecule has 2 aromatic carbocycles. The zero-order valence-electron chi connectivity index (χ0n) is 17.5. The van der Waals surface area contributed by atoms with Gasteiger partial charge in [0.25, 0.3) is 5.91 Å². The van der Waals surface area contributed by atoms with Crippen molar-refractivity contribution < 1.29 is 14.3 Å². The Kier molecular flexibility index (Phi) is 8.00. The van der Waals surface area contributed by atoms with Crippen molar-refractivity contribution in [2.24, 2.45) is 5.92 Å². The van der Waals surface area contributed by atoms with Gasteiger partial charge < -0.3 is 19.7 Å². The van der Waals surface area contributed by atoms with Crippen LogP contribution in [0.2, 0.25) is 0 Å². The van der Waals surface area contributed by atoms with Crippen molar-refractivity contribution >= 4 is 18.3 Å². The molecule has 2 aliphatic rings. The lowest BCUT2D eigenvalue weighted by Gasteiger charge is -2.33. The number of para-hydroxylation sites is 3. The molecule has 6 heteroatoms. The van der Waals surface area contributed by atoms with E-state index < -0.39 is 0 Å². The van der Waals surface area contributed by atoms with E-state index in [1.807, 2.05) is 60.4 Å². The van der Waals surface area contributed by atoms with E-state index in [1.54, 1.807) is 0 Å². The minimum atomic E-state index is 0. The highest BCUT2D eigenvalue weighted by Gasteiger charge is 2.27. The molecule has 1 saturated heterocycles. The number of piperidine rings is 1. The van der Waals surface area contributed by atoms with Gasteiger partial charge in [0.1, 0.15) is 5.75 Å². The second kappa shape index (κ2) is 10.7. The number of benzene rings is 2. The molecule has 0 radical (unpaired) electrons. The Bertz CT molecular complexity index is 833. The van der Waals surface area contributed by atoms with Gasteiger partial charge in [-0.1, -0.05) is 24.3 Å². The van der Waals surface area contributed by atoms with Crippen LogP contribution in [0.15, 0.2) is 48.5 Å². The van der Waals surface area contributed by atoms with Crippen LogP contribution in [-0.2, 0) is 0 Å². The molecule has 1 amide bonds. The van der Waals surface area contributed by atoms with Crippen LogP contribution in [0.3, 0.4) is 0 Å². The number of carbonyl (C=O) groups is 1. The number of carbonyl (C=O) groups excluding carboxylic acids is 1. The number of nitrogens with zero attached hydrogens (tertiary/aromatic N) is 1.